The number of cyclic esters (lactones) is 1. The molecule has 1 aromatic carbocycles. The highest BCUT2D eigenvalue weighted by Gasteiger charge is 2.56. The molecule has 2 N–H and O–H groups in total. The fourth-order valence-electron chi connectivity index (χ4n) is 10.7. The maximum Gasteiger partial charge on any atom is 0.329 e. The van der Waals surface area contributed by atoms with E-state index in [0.29, 0.717) is 70.6 Å². The summed E-state index contributed by atoms with van der Waals surface area (Å²) in [6, 6.07) is 8.85. The van der Waals surface area contributed by atoms with E-state index in [1.807, 2.05) is 58.0 Å². The summed E-state index contributed by atoms with van der Waals surface area (Å²) in [6.45, 7) is 11.9. The Bertz CT molecular complexity index is 1750. The molecule has 2 bridgehead atoms. The van der Waals surface area contributed by atoms with Gasteiger partial charge in [-0.05, 0) is 113 Å². The van der Waals surface area contributed by atoms with Gasteiger partial charge in [0.15, 0.2) is 0 Å². The smallest absolute Gasteiger partial charge is 0.329 e. The van der Waals surface area contributed by atoms with Crippen LogP contribution in [0.1, 0.15) is 124 Å². The monoisotopic (exact) mass is 866 g/mol. The van der Waals surface area contributed by atoms with Crippen LogP contribution in [0, 0.1) is 29.6 Å². The summed E-state index contributed by atoms with van der Waals surface area (Å²) in [5.74, 6) is -6.34. The summed E-state index contributed by atoms with van der Waals surface area (Å²) >= 11 is 0. The minimum Gasteiger partial charge on any atom is -0.456 e. The van der Waals surface area contributed by atoms with Crippen LogP contribution in [0.4, 0.5) is 0 Å². The lowest BCUT2D eigenvalue weighted by Gasteiger charge is -2.47. The van der Waals surface area contributed by atoms with Gasteiger partial charge in [-0.3, -0.25) is 14.4 Å². The molecule has 62 heavy (non-hydrogen) atoms. The average molecular weight is 866 g/mol. The van der Waals surface area contributed by atoms with Crippen molar-refractivity contribution in [2.75, 3.05) is 27.9 Å². The summed E-state index contributed by atoms with van der Waals surface area (Å²) in [6.07, 6.45) is 7.69. The van der Waals surface area contributed by atoms with Crippen LogP contribution in [0.3, 0.4) is 0 Å². The first kappa shape index (κ1) is 49.8. The number of rotatable bonds is 8. The van der Waals surface area contributed by atoms with Gasteiger partial charge < -0.3 is 38.8 Å². The van der Waals surface area contributed by atoms with Crippen molar-refractivity contribution in [3.05, 3.63) is 59.2 Å². The van der Waals surface area contributed by atoms with Crippen LogP contribution in [0.2, 0.25) is 0 Å². The normalized spacial score (nSPS) is 38.6. The molecule has 1 aliphatic carbocycles. The van der Waals surface area contributed by atoms with Gasteiger partial charge in [0.05, 0.1) is 23.9 Å². The van der Waals surface area contributed by atoms with Crippen LogP contribution in [-0.2, 0) is 49.3 Å². The molecule has 13 unspecified atom stereocenters. The highest BCUT2D eigenvalue weighted by Crippen LogP contribution is 2.41. The Morgan fingerprint density at radius 1 is 0.919 bits per heavy atom. The number of Topliss-reactive ketones (excluding diaryl/α,β-unsaturated/α-hetero) is 2. The Kier molecular flexibility index (Phi) is 17.7. The molecular weight excluding hydrogens is 791 g/mol. The lowest BCUT2D eigenvalue weighted by atomic mass is 9.73. The molecule has 1 aromatic rings. The van der Waals surface area contributed by atoms with Gasteiger partial charge in [0.1, 0.15) is 24.0 Å². The van der Waals surface area contributed by atoms with Crippen LogP contribution in [0.25, 0.3) is 0 Å². The minimum absolute atomic E-state index is 0.0245. The SMILES string of the molecule is CCC1/C=C(\C)CC(C)CC(OC)C2OC(O)(C(=O)C(=O)N3CCCCC3C(=O)OC(C(C)=CC3CCC(O)(Cc4ccccc4)C(OC)C3)C(C)CCC1=O)C(C)CC2OC. The molecule has 3 aliphatic heterocycles. The number of piperidine rings is 1. The Morgan fingerprint density at radius 3 is 2.27 bits per heavy atom. The number of hydrogen-bond donors (Lipinski definition) is 2. The fourth-order valence-corrected chi connectivity index (χ4v) is 10.7. The van der Waals surface area contributed by atoms with E-state index in [0.717, 1.165) is 16.7 Å². The van der Waals surface area contributed by atoms with E-state index in [1.54, 1.807) is 28.3 Å². The van der Waals surface area contributed by atoms with E-state index in [1.165, 1.54) is 4.90 Å². The zero-order valence-corrected chi connectivity index (χ0v) is 38.8. The Labute approximate surface area is 370 Å². The Hall–Kier alpha value is -3.26. The fraction of sp³-hybridized carbons (Fsp3) is 0.720. The molecule has 13 atom stereocenters. The van der Waals surface area contributed by atoms with Crippen LogP contribution < -0.4 is 0 Å². The maximum atomic E-state index is 14.5. The second-order valence-electron chi connectivity index (χ2n) is 19.2. The molecule has 0 aromatic heterocycles. The number of hydrogen-bond acceptors (Lipinski definition) is 11. The predicted molar refractivity (Wildman–Crippen MR) is 236 cm³/mol. The molecule has 3 fully saturated rings. The van der Waals surface area contributed by atoms with Gasteiger partial charge in [0.25, 0.3) is 11.7 Å². The number of esters is 1. The van der Waals surface area contributed by atoms with Crippen molar-refractivity contribution >= 4 is 23.4 Å². The summed E-state index contributed by atoms with van der Waals surface area (Å²) in [7, 11) is 4.74. The zero-order valence-electron chi connectivity index (χ0n) is 38.8. The quantitative estimate of drug-likeness (QED) is 0.156. The summed E-state index contributed by atoms with van der Waals surface area (Å²) in [5.41, 5.74) is 1.89. The number of allylic oxidation sites excluding steroid dienone is 3. The van der Waals surface area contributed by atoms with Crippen LogP contribution in [0.15, 0.2) is 53.6 Å². The molecule has 0 spiro atoms. The van der Waals surface area contributed by atoms with Gasteiger partial charge in [-0.15, -0.1) is 0 Å². The number of benzene rings is 1. The number of nitrogens with zero attached hydrogens (tertiary/aromatic N) is 1. The molecule has 1 saturated carbocycles. The first-order valence-electron chi connectivity index (χ1n) is 23.2. The van der Waals surface area contributed by atoms with Crippen molar-refractivity contribution in [3.8, 4) is 0 Å². The van der Waals surface area contributed by atoms with Gasteiger partial charge >= 0.3 is 5.97 Å². The second-order valence-corrected chi connectivity index (χ2v) is 19.2. The molecule has 0 radical (unpaired) electrons. The topological polar surface area (TPSA) is 158 Å². The molecule has 1 amide bonds. The minimum atomic E-state index is -2.48. The van der Waals surface area contributed by atoms with Crippen molar-refractivity contribution < 1.29 is 53.1 Å². The van der Waals surface area contributed by atoms with Crippen molar-refractivity contribution in [1.29, 1.82) is 0 Å². The number of ether oxygens (including phenoxy) is 5. The molecule has 4 aliphatic rings. The van der Waals surface area contributed by atoms with E-state index in [-0.39, 0.29) is 48.8 Å². The Balaban J connectivity index is 1.48. The molecule has 2 saturated heterocycles. The van der Waals surface area contributed by atoms with Gasteiger partial charge in [-0.2, -0.15) is 0 Å². The van der Waals surface area contributed by atoms with E-state index < -0.39 is 71.5 Å². The van der Waals surface area contributed by atoms with Gasteiger partial charge in [-0.1, -0.05) is 75.8 Å². The largest absolute Gasteiger partial charge is 0.456 e. The van der Waals surface area contributed by atoms with Gasteiger partial charge in [-0.25, -0.2) is 4.79 Å². The standard InChI is InChI=1S/C50H75NO11/c1-10-38-25-31(2)24-32(3)26-41(58-7)45-42(59-8)28-35(6)50(57,62-45)46(53)47(54)51-23-15-14-18-39(51)48(55)61-44(33(4)19-20-40(38)52)34(5)27-37-21-22-49(56,43(29-37)60-9)30-36-16-12-11-13-17-36/h11-13,16-17,25,27,32-33,35,37-39,41-45,56-57H,10,14-15,18-24,26,28-30H2,1-9H3/b31-25+,34-27?. The summed E-state index contributed by atoms with van der Waals surface area (Å²) < 4.78 is 30.4. The van der Waals surface area contributed by atoms with Crippen LogP contribution in [-0.4, -0.2) is 114 Å². The van der Waals surface area contributed by atoms with E-state index in [2.05, 4.69) is 19.1 Å². The molecule has 346 valence electrons. The van der Waals surface area contributed by atoms with Crippen molar-refractivity contribution in [1.82, 2.24) is 4.90 Å². The molecule has 3 heterocycles. The number of carbonyl (C=O) groups is 4. The highest BCUT2D eigenvalue weighted by atomic mass is 16.7. The van der Waals surface area contributed by atoms with Gasteiger partial charge in [0.2, 0.25) is 5.79 Å². The maximum absolute atomic E-state index is 14.5. The van der Waals surface area contributed by atoms with Crippen molar-refractivity contribution in [3.63, 3.8) is 0 Å². The van der Waals surface area contributed by atoms with Crippen molar-refractivity contribution in [2.45, 2.75) is 173 Å². The third kappa shape index (κ3) is 11.7. The number of ketones is 2. The molecule has 12 heteroatoms. The highest BCUT2D eigenvalue weighted by molar-refractivity contribution is 6.39. The zero-order chi connectivity index (χ0) is 45.4. The summed E-state index contributed by atoms with van der Waals surface area (Å²) in [4.78, 5) is 58.3. The Morgan fingerprint density at radius 2 is 1.61 bits per heavy atom. The lowest BCUT2D eigenvalue weighted by Crippen LogP contribution is -2.64. The van der Waals surface area contributed by atoms with Gasteiger partial charge in [0, 0.05) is 52.6 Å². The van der Waals surface area contributed by atoms with Crippen LogP contribution in [0.5, 0.6) is 0 Å². The first-order chi connectivity index (χ1) is 29.5. The third-order valence-corrected chi connectivity index (χ3v) is 14.4. The van der Waals surface area contributed by atoms with E-state index in [4.69, 9.17) is 23.7 Å². The number of methoxy groups -OCH3 is 3. The molecule has 12 nitrogen and oxygen atoms in total. The summed E-state index contributed by atoms with van der Waals surface area (Å²) in [5, 5.41) is 23.9. The van der Waals surface area contributed by atoms with Crippen LogP contribution >= 0.6 is 0 Å². The number of carbonyl (C=O) groups excluding carboxylic acids is 4. The predicted octanol–water partition coefficient (Wildman–Crippen LogP) is 7.12. The molecular formula is C50H75NO11. The number of amides is 1. The average Bonchev–Trinajstić information content (AvgIpc) is 3.26. The van der Waals surface area contributed by atoms with E-state index in [9.17, 15) is 29.4 Å². The number of aliphatic hydroxyl groups is 2. The number of fused-ring (bicyclic) bond motifs is 3. The third-order valence-electron chi connectivity index (χ3n) is 14.4. The first-order valence-corrected chi connectivity index (χ1v) is 23.2. The van der Waals surface area contributed by atoms with E-state index >= 15 is 0 Å². The van der Waals surface area contributed by atoms with Crippen molar-refractivity contribution in [2.24, 2.45) is 29.6 Å². The second kappa shape index (κ2) is 22.1. The molecule has 5 rings (SSSR count). The lowest BCUT2D eigenvalue weighted by molar-refractivity contribution is -0.302.